The Balaban J connectivity index is 0.000000614. The van der Waals surface area contributed by atoms with Crippen molar-refractivity contribution < 1.29 is 24.2 Å². The fourth-order valence-electron chi connectivity index (χ4n) is 3.44. The topological polar surface area (TPSA) is 80.7 Å². The second kappa shape index (κ2) is 11.9. The van der Waals surface area contributed by atoms with Gasteiger partial charge in [0, 0.05) is 36.1 Å². The van der Waals surface area contributed by atoms with Gasteiger partial charge in [-0.15, -0.1) is 0 Å². The zero-order valence-electron chi connectivity index (χ0n) is 17.7. The number of halogens is 2. The van der Waals surface area contributed by atoms with Crippen molar-refractivity contribution in [3.63, 3.8) is 0 Å². The van der Waals surface area contributed by atoms with E-state index in [0.29, 0.717) is 29.8 Å². The summed E-state index contributed by atoms with van der Waals surface area (Å²) in [6.07, 6.45) is 2.65. The van der Waals surface area contributed by atoms with Crippen molar-refractivity contribution in [2.45, 2.75) is 44.6 Å². The molecule has 1 heterocycles. The maximum absolute atomic E-state index is 12.9. The van der Waals surface area contributed by atoms with Gasteiger partial charge in [-0.25, -0.2) is 4.39 Å². The van der Waals surface area contributed by atoms with Gasteiger partial charge in [0.15, 0.2) is 5.78 Å². The average molecular weight is 449 g/mol. The van der Waals surface area contributed by atoms with Crippen LogP contribution in [0.3, 0.4) is 0 Å². The molecule has 1 saturated heterocycles. The van der Waals surface area contributed by atoms with Gasteiger partial charge in [0.05, 0.1) is 5.60 Å². The third-order valence-electron chi connectivity index (χ3n) is 5.40. The molecule has 1 aliphatic heterocycles. The first-order valence-electron chi connectivity index (χ1n) is 10.4. The number of nitrogens with zero attached hydrogens (tertiary/aromatic N) is 1. The van der Waals surface area contributed by atoms with E-state index in [1.54, 1.807) is 0 Å². The molecule has 1 N–H and O–H groups in total. The number of carbonyl (C=O) groups is 2. The largest absolute Gasteiger partial charge is 0.550 e. The summed E-state index contributed by atoms with van der Waals surface area (Å²) in [5.74, 6) is -1.28. The highest BCUT2D eigenvalue weighted by molar-refractivity contribution is 6.30. The summed E-state index contributed by atoms with van der Waals surface area (Å²) in [4.78, 5) is 23.7. The van der Waals surface area contributed by atoms with Crippen molar-refractivity contribution in [1.82, 2.24) is 4.90 Å². The monoisotopic (exact) mass is 448 g/mol. The van der Waals surface area contributed by atoms with E-state index in [9.17, 15) is 24.2 Å². The van der Waals surface area contributed by atoms with Crippen LogP contribution in [0.2, 0.25) is 5.02 Å². The molecule has 0 spiro atoms. The van der Waals surface area contributed by atoms with Crippen molar-refractivity contribution in [2.24, 2.45) is 0 Å². The Labute approximate surface area is 187 Å². The van der Waals surface area contributed by atoms with Crippen LogP contribution in [0.25, 0.3) is 0 Å². The number of likely N-dealkylation sites (tertiary alicyclic amines) is 1. The number of aliphatic hydroxyl groups is 1. The van der Waals surface area contributed by atoms with Crippen LogP contribution in [0.5, 0.6) is 0 Å². The molecule has 168 valence electrons. The Kier molecular flexibility index (Phi) is 9.62. The van der Waals surface area contributed by atoms with Crippen molar-refractivity contribution in [1.29, 1.82) is 0 Å². The highest BCUT2D eigenvalue weighted by Gasteiger charge is 2.33. The zero-order valence-corrected chi connectivity index (χ0v) is 18.4. The molecule has 0 aromatic heterocycles. The number of hydrogen-bond donors (Lipinski definition) is 1. The van der Waals surface area contributed by atoms with Crippen LogP contribution in [0, 0.1) is 5.82 Å². The Morgan fingerprint density at radius 2 is 1.65 bits per heavy atom. The summed E-state index contributed by atoms with van der Waals surface area (Å²) in [6, 6.07) is 13.1. The average Bonchev–Trinajstić information content (AvgIpc) is 2.76. The Hall–Kier alpha value is -2.28. The number of Topliss-reactive ketones (excluding diaryl/α,β-unsaturated/α-hetero) is 1. The summed E-state index contributed by atoms with van der Waals surface area (Å²) in [5, 5.41) is 20.8. The van der Waals surface area contributed by atoms with Crippen LogP contribution in [-0.4, -0.2) is 41.4 Å². The van der Waals surface area contributed by atoms with Gasteiger partial charge in [0.2, 0.25) is 0 Å². The molecule has 3 rings (SSSR count). The molecule has 1 fully saturated rings. The lowest BCUT2D eigenvalue weighted by Crippen LogP contribution is -2.42. The number of carboxylic acids is 1. The lowest BCUT2D eigenvalue weighted by molar-refractivity contribution is -0.305. The fraction of sp³-hybridized carbons (Fsp3) is 0.417. The minimum Gasteiger partial charge on any atom is -0.550 e. The molecular formula is C24H28ClFNO4-. The molecule has 0 bridgehead atoms. The highest BCUT2D eigenvalue weighted by atomic mass is 35.5. The number of piperidine rings is 1. The van der Waals surface area contributed by atoms with Crippen molar-refractivity contribution >= 4 is 23.4 Å². The Morgan fingerprint density at radius 1 is 1.10 bits per heavy atom. The van der Waals surface area contributed by atoms with E-state index in [-0.39, 0.29) is 18.0 Å². The Morgan fingerprint density at radius 3 is 2.16 bits per heavy atom. The predicted molar refractivity (Wildman–Crippen MR) is 116 cm³/mol. The maximum Gasteiger partial charge on any atom is 0.162 e. The molecule has 5 nitrogen and oxygen atoms in total. The number of aliphatic carboxylic acids is 1. The minimum absolute atomic E-state index is 0.0414. The lowest BCUT2D eigenvalue weighted by Gasteiger charge is -2.38. The first-order chi connectivity index (χ1) is 14.7. The molecule has 0 unspecified atom stereocenters. The van der Waals surface area contributed by atoms with Crippen LogP contribution in [0.15, 0.2) is 48.5 Å². The zero-order chi connectivity index (χ0) is 22.9. The molecular weight excluding hydrogens is 421 g/mol. The lowest BCUT2D eigenvalue weighted by atomic mass is 9.84. The van der Waals surface area contributed by atoms with Crippen molar-refractivity contribution in [2.75, 3.05) is 19.6 Å². The van der Waals surface area contributed by atoms with Crippen LogP contribution in [0.1, 0.15) is 54.9 Å². The second-order valence-corrected chi connectivity index (χ2v) is 8.08. The molecule has 1 aliphatic rings. The standard InChI is InChI=1S/C21H23ClFNO2.C3H6O2/c22-18-7-5-17(6-8-18)21(26)11-14-24(15-12-21)13-1-2-20(25)16-3-9-19(23)10-4-16;1-2-3(4)5/h3-10,26H,1-2,11-15H2;2H2,1H3,(H,4,5)/p-1. The number of rotatable bonds is 7. The van der Waals surface area contributed by atoms with Gasteiger partial charge >= 0.3 is 0 Å². The first kappa shape index (κ1) is 25.0. The molecule has 31 heavy (non-hydrogen) atoms. The summed E-state index contributed by atoms with van der Waals surface area (Å²) in [7, 11) is 0. The smallest absolute Gasteiger partial charge is 0.162 e. The van der Waals surface area contributed by atoms with Gasteiger partial charge < -0.3 is 19.9 Å². The molecule has 0 atom stereocenters. The molecule has 0 saturated carbocycles. The number of carboxylic acid groups (broad SMARTS) is 1. The molecule has 2 aromatic carbocycles. The van der Waals surface area contributed by atoms with Crippen LogP contribution < -0.4 is 5.11 Å². The summed E-state index contributed by atoms with van der Waals surface area (Å²) in [6.45, 7) is 3.95. The van der Waals surface area contributed by atoms with Gasteiger partial charge in [-0.05, 0) is 74.2 Å². The van der Waals surface area contributed by atoms with Gasteiger partial charge in [-0.2, -0.15) is 0 Å². The van der Waals surface area contributed by atoms with Crippen molar-refractivity contribution in [3.05, 3.63) is 70.5 Å². The number of benzene rings is 2. The van der Waals surface area contributed by atoms with Gasteiger partial charge in [0.25, 0.3) is 0 Å². The van der Waals surface area contributed by atoms with Gasteiger partial charge in [-0.3, -0.25) is 4.79 Å². The quantitative estimate of drug-likeness (QED) is 0.655. The van der Waals surface area contributed by atoms with E-state index < -0.39 is 11.6 Å². The van der Waals surface area contributed by atoms with E-state index in [4.69, 9.17) is 11.6 Å². The third kappa shape index (κ3) is 8.05. The molecule has 0 aliphatic carbocycles. The van der Waals surface area contributed by atoms with Gasteiger partial charge in [-0.1, -0.05) is 30.7 Å². The van der Waals surface area contributed by atoms with E-state index >= 15 is 0 Å². The number of hydrogen-bond acceptors (Lipinski definition) is 5. The van der Waals surface area contributed by atoms with Crippen LogP contribution in [0.4, 0.5) is 4.39 Å². The SMILES string of the molecule is CCC(=O)[O-].O=C(CCCN1CCC(O)(c2ccc(Cl)cc2)CC1)c1ccc(F)cc1. The van der Waals surface area contributed by atoms with Crippen LogP contribution >= 0.6 is 11.6 Å². The van der Waals surface area contributed by atoms with Crippen molar-refractivity contribution in [3.8, 4) is 0 Å². The minimum atomic E-state index is -0.995. The van der Waals surface area contributed by atoms with E-state index in [1.165, 1.54) is 31.2 Å². The molecule has 0 radical (unpaired) electrons. The normalized spacial score (nSPS) is 15.6. The molecule has 7 heteroatoms. The Bertz CT molecular complexity index is 847. The van der Waals surface area contributed by atoms with E-state index in [2.05, 4.69) is 4.90 Å². The number of ketones is 1. The molecule has 0 amide bonds. The molecule has 2 aromatic rings. The number of carbonyl (C=O) groups excluding carboxylic acids is 2. The third-order valence-corrected chi connectivity index (χ3v) is 5.65. The first-order valence-corrected chi connectivity index (χ1v) is 10.8. The fourth-order valence-corrected chi connectivity index (χ4v) is 3.56. The predicted octanol–water partition coefficient (Wildman–Crippen LogP) is 3.57. The maximum atomic E-state index is 12.9. The van der Waals surface area contributed by atoms with E-state index in [1.807, 2.05) is 24.3 Å². The summed E-state index contributed by atoms with van der Waals surface area (Å²) < 4.78 is 12.9. The summed E-state index contributed by atoms with van der Waals surface area (Å²) in [5.41, 5.74) is 0.667. The van der Waals surface area contributed by atoms with Crippen LogP contribution in [-0.2, 0) is 10.4 Å². The van der Waals surface area contributed by atoms with Gasteiger partial charge in [0.1, 0.15) is 5.82 Å². The second-order valence-electron chi connectivity index (χ2n) is 7.64. The van der Waals surface area contributed by atoms with E-state index in [0.717, 1.165) is 31.6 Å². The highest BCUT2D eigenvalue weighted by Crippen LogP contribution is 2.33. The summed E-state index contributed by atoms with van der Waals surface area (Å²) >= 11 is 5.92.